The molecule has 3 aliphatic rings. The lowest BCUT2D eigenvalue weighted by atomic mass is 10.0. The van der Waals surface area contributed by atoms with Crippen LogP contribution in [-0.2, 0) is 9.53 Å². The number of rotatable bonds is 7. The number of aryl methyl sites for hydroxylation is 2. The minimum atomic E-state index is -0.494. The van der Waals surface area contributed by atoms with Crippen molar-refractivity contribution in [1.82, 2.24) is 20.0 Å². The van der Waals surface area contributed by atoms with Gasteiger partial charge in [0.05, 0.1) is 6.04 Å². The fraction of sp³-hybridized carbons (Fsp3) is 0.516. The van der Waals surface area contributed by atoms with Crippen LogP contribution >= 0.6 is 0 Å². The SMILES string of the molecule is CC(=O)N1CCC[C@@H]1OC(=O)NC(CCN1CC2CN(C(=O)c3c(C)cccc3C)C[C@@H]2C1)c1ccccc1. The van der Waals surface area contributed by atoms with Gasteiger partial charge in [-0.2, -0.15) is 0 Å². The molecule has 0 aliphatic carbocycles. The van der Waals surface area contributed by atoms with Crippen LogP contribution in [0.25, 0.3) is 0 Å². The number of carbonyl (C=O) groups is 3. The second-order valence-corrected chi connectivity index (χ2v) is 11.4. The van der Waals surface area contributed by atoms with Crippen LogP contribution in [0, 0.1) is 25.7 Å². The van der Waals surface area contributed by atoms with Gasteiger partial charge in [-0.05, 0) is 55.2 Å². The van der Waals surface area contributed by atoms with E-state index in [2.05, 4.69) is 10.2 Å². The van der Waals surface area contributed by atoms with E-state index in [1.807, 2.05) is 67.3 Å². The smallest absolute Gasteiger partial charge is 0.409 e. The van der Waals surface area contributed by atoms with Crippen molar-refractivity contribution in [2.24, 2.45) is 11.8 Å². The molecule has 8 heteroatoms. The van der Waals surface area contributed by atoms with Gasteiger partial charge in [-0.25, -0.2) is 4.79 Å². The number of hydrogen-bond acceptors (Lipinski definition) is 5. The molecule has 39 heavy (non-hydrogen) atoms. The highest BCUT2D eigenvalue weighted by Gasteiger charge is 2.42. The van der Waals surface area contributed by atoms with Crippen LogP contribution in [0.5, 0.6) is 0 Å². The number of carbonyl (C=O) groups excluding carboxylic acids is 3. The summed E-state index contributed by atoms with van der Waals surface area (Å²) in [4.78, 5) is 44.1. The van der Waals surface area contributed by atoms with Gasteiger partial charge < -0.3 is 24.8 Å². The zero-order chi connectivity index (χ0) is 27.5. The largest absolute Gasteiger partial charge is 0.425 e. The number of ether oxygens (including phenoxy) is 1. The fourth-order valence-electron chi connectivity index (χ4n) is 6.59. The van der Waals surface area contributed by atoms with Crippen LogP contribution in [0.1, 0.15) is 59.3 Å². The lowest BCUT2D eigenvalue weighted by Gasteiger charge is -2.27. The third-order valence-electron chi connectivity index (χ3n) is 8.62. The number of nitrogens with one attached hydrogen (secondary N) is 1. The monoisotopic (exact) mass is 532 g/mol. The molecule has 4 atom stereocenters. The molecule has 3 saturated heterocycles. The van der Waals surface area contributed by atoms with Crippen LogP contribution in [0.4, 0.5) is 4.79 Å². The van der Waals surface area contributed by atoms with E-state index in [4.69, 9.17) is 4.74 Å². The van der Waals surface area contributed by atoms with Crippen molar-refractivity contribution in [3.63, 3.8) is 0 Å². The Balaban J connectivity index is 1.16. The lowest BCUT2D eigenvalue weighted by molar-refractivity contribution is -0.135. The molecule has 3 heterocycles. The van der Waals surface area contributed by atoms with Gasteiger partial charge in [-0.3, -0.25) is 9.59 Å². The Kier molecular flexibility index (Phi) is 8.21. The van der Waals surface area contributed by atoms with Crippen LogP contribution in [0.3, 0.4) is 0 Å². The van der Waals surface area contributed by atoms with E-state index in [9.17, 15) is 14.4 Å². The maximum Gasteiger partial charge on any atom is 0.409 e. The molecule has 3 amide bonds. The summed E-state index contributed by atoms with van der Waals surface area (Å²) in [5, 5.41) is 3.07. The van der Waals surface area contributed by atoms with E-state index in [1.165, 1.54) is 6.92 Å². The van der Waals surface area contributed by atoms with Gasteiger partial charge in [0.25, 0.3) is 5.91 Å². The highest BCUT2D eigenvalue weighted by molar-refractivity contribution is 5.97. The average molecular weight is 533 g/mol. The second-order valence-electron chi connectivity index (χ2n) is 11.4. The van der Waals surface area contributed by atoms with Crippen molar-refractivity contribution in [3.05, 3.63) is 70.8 Å². The summed E-state index contributed by atoms with van der Waals surface area (Å²) in [6.07, 6.45) is 1.28. The quantitative estimate of drug-likeness (QED) is 0.580. The van der Waals surface area contributed by atoms with E-state index < -0.39 is 12.3 Å². The maximum absolute atomic E-state index is 13.3. The minimum absolute atomic E-state index is 0.0706. The number of benzene rings is 2. The summed E-state index contributed by atoms with van der Waals surface area (Å²) >= 11 is 0. The van der Waals surface area contributed by atoms with Crippen molar-refractivity contribution in [2.75, 3.05) is 39.3 Å². The van der Waals surface area contributed by atoms with Gasteiger partial charge in [0.1, 0.15) is 0 Å². The molecule has 3 fully saturated rings. The van der Waals surface area contributed by atoms with Gasteiger partial charge in [0, 0.05) is 58.2 Å². The maximum atomic E-state index is 13.3. The molecule has 0 aromatic heterocycles. The molecule has 2 aromatic carbocycles. The van der Waals surface area contributed by atoms with Crippen LogP contribution in [-0.4, -0.2) is 78.1 Å². The normalized spacial score (nSPS) is 23.5. The molecule has 2 aromatic rings. The third-order valence-corrected chi connectivity index (χ3v) is 8.62. The number of hydrogen-bond donors (Lipinski definition) is 1. The van der Waals surface area contributed by atoms with Gasteiger partial charge in [-0.15, -0.1) is 0 Å². The Morgan fingerprint density at radius 1 is 0.949 bits per heavy atom. The molecule has 5 rings (SSSR count). The number of likely N-dealkylation sites (tertiary alicyclic amines) is 3. The van der Waals surface area contributed by atoms with Crippen molar-refractivity contribution in [2.45, 2.75) is 52.3 Å². The molecule has 3 aliphatic heterocycles. The Morgan fingerprint density at radius 3 is 2.26 bits per heavy atom. The van der Waals surface area contributed by atoms with Crippen molar-refractivity contribution in [3.8, 4) is 0 Å². The molecule has 0 bridgehead atoms. The van der Waals surface area contributed by atoms with Gasteiger partial charge in [0.2, 0.25) is 5.91 Å². The first-order valence-electron chi connectivity index (χ1n) is 14.2. The molecule has 208 valence electrons. The first-order chi connectivity index (χ1) is 18.8. The first kappa shape index (κ1) is 27.2. The average Bonchev–Trinajstić information content (AvgIpc) is 3.62. The molecule has 8 nitrogen and oxygen atoms in total. The standard InChI is InChI=1S/C31H40N4O4/c1-21-9-7-10-22(2)29(21)30(37)34-19-25-17-33(18-26(25)20-34)16-14-27(24-11-5-4-6-12-24)32-31(38)39-28-13-8-15-35(28)23(3)36/h4-7,9-12,25-28H,8,13-20H2,1-3H3,(H,32,38)/t25-,26?,27?,28-/m0/s1. The lowest BCUT2D eigenvalue weighted by Crippen LogP contribution is -2.41. The van der Waals surface area contributed by atoms with Gasteiger partial charge in [0.15, 0.2) is 6.23 Å². The molecule has 0 radical (unpaired) electrons. The Morgan fingerprint density at radius 2 is 1.62 bits per heavy atom. The Labute approximate surface area is 231 Å². The van der Waals surface area contributed by atoms with Crippen molar-refractivity contribution >= 4 is 17.9 Å². The summed E-state index contributed by atoms with van der Waals surface area (Å²) in [6, 6.07) is 15.8. The molecule has 0 spiro atoms. The minimum Gasteiger partial charge on any atom is -0.425 e. The zero-order valence-electron chi connectivity index (χ0n) is 23.3. The van der Waals surface area contributed by atoms with E-state index >= 15 is 0 Å². The Bertz CT molecular complexity index is 1170. The Hall–Kier alpha value is -3.39. The summed E-state index contributed by atoms with van der Waals surface area (Å²) in [5.74, 6) is 1.04. The summed E-state index contributed by atoms with van der Waals surface area (Å²) in [6.45, 7) is 10.5. The number of fused-ring (bicyclic) bond motifs is 1. The van der Waals surface area contributed by atoms with E-state index in [-0.39, 0.29) is 17.9 Å². The molecular formula is C31H40N4O4. The molecule has 2 unspecified atom stereocenters. The zero-order valence-corrected chi connectivity index (χ0v) is 23.3. The topological polar surface area (TPSA) is 82.2 Å². The van der Waals surface area contributed by atoms with Crippen LogP contribution in [0.2, 0.25) is 0 Å². The van der Waals surface area contributed by atoms with E-state index in [1.54, 1.807) is 4.90 Å². The first-order valence-corrected chi connectivity index (χ1v) is 14.2. The van der Waals surface area contributed by atoms with E-state index in [0.717, 1.165) is 67.8 Å². The van der Waals surface area contributed by atoms with Gasteiger partial charge in [-0.1, -0.05) is 48.5 Å². The molecule has 0 saturated carbocycles. The predicted molar refractivity (Wildman–Crippen MR) is 149 cm³/mol. The van der Waals surface area contributed by atoms with Crippen molar-refractivity contribution in [1.29, 1.82) is 0 Å². The van der Waals surface area contributed by atoms with Gasteiger partial charge >= 0.3 is 6.09 Å². The fourth-order valence-corrected chi connectivity index (χ4v) is 6.59. The second kappa shape index (κ2) is 11.8. The third kappa shape index (κ3) is 6.11. The summed E-state index contributed by atoms with van der Waals surface area (Å²) < 4.78 is 5.66. The van der Waals surface area contributed by atoms with E-state index in [0.29, 0.717) is 24.8 Å². The molecular weight excluding hydrogens is 492 g/mol. The molecule has 1 N–H and O–H groups in total. The van der Waals surface area contributed by atoms with Crippen LogP contribution < -0.4 is 5.32 Å². The highest BCUT2D eigenvalue weighted by Crippen LogP contribution is 2.33. The highest BCUT2D eigenvalue weighted by atomic mass is 16.6. The van der Waals surface area contributed by atoms with Crippen molar-refractivity contribution < 1.29 is 19.1 Å². The number of amides is 3. The number of alkyl carbamates (subject to hydrolysis) is 1. The summed E-state index contributed by atoms with van der Waals surface area (Å²) in [5.41, 5.74) is 3.97. The van der Waals surface area contributed by atoms with Crippen LogP contribution in [0.15, 0.2) is 48.5 Å². The summed E-state index contributed by atoms with van der Waals surface area (Å²) in [7, 11) is 0. The predicted octanol–water partition coefficient (Wildman–Crippen LogP) is 4.13. The number of nitrogens with zero attached hydrogens (tertiary/aromatic N) is 3.